The molecule has 1 heterocycles. The monoisotopic (exact) mass is 371 g/mol. The van der Waals surface area contributed by atoms with Crippen LogP contribution in [0.25, 0.3) is 0 Å². The van der Waals surface area contributed by atoms with E-state index < -0.39 is 15.8 Å². The van der Waals surface area contributed by atoms with Crippen molar-refractivity contribution < 1.29 is 17.9 Å². The Bertz CT molecular complexity index is 975. The van der Waals surface area contributed by atoms with Gasteiger partial charge in [-0.25, -0.2) is 13.6 Å². The summed E-state index contributed by atoms with van der Waals surface area (Å²) in [6, 6.07) is 12.8. The fraction of sp³-hybridized carbons (Fsp3) is 0.222. The summed E-state index contributed by atoms with van der Waals surface area (Å²) in [4.78, 5) is 13.5. The van der Waals surface area contributed by atoms with Crippen molar-refractivity contribution in [3.63, 3.8) is 0 Å². The maximum atomic E-state index is 12.2. The van der Waals surface area contributed by atoms with Crippen LogP contribution in [-0.2, 0) is 10.0 Å². The van der Waals surface area contributed by atoms with Crippen LogP contribution in [0, 0.1) is 11.3 Å². The van der Waals surface area contributed by atoms with Crippen molar-refractivity contribution in [1.82, 2.24) is 0 Å². The van der Waals surface area contributed by atoms with Gasteiger partial charge in [-0.15, -0.1) is 0 Å². The second-order valence-corrected chi connectivity index (χ2v) is 7.45. The molecule has 1 aliphatic rings. The molecule has 0 aromatic heterocycles. The summed E-state index contributed by atoms with van der Waals surface area (Å²) in [7, 11) is -4.18. The van der Waals surface area contributed by atoms with Gasteiger partial charge >= 0.3 is 0 Å². The molecule has 26 heavy (non-hydrogen) atoms. The van der Waals surface area contributed by atoms with Crippen LogP contribution in [0.15, 0.2) is 47.4 Å². The number of ketones is 1. The van der Waals surface area contributed by atoms with Gasteiger partial charge in [0.05, 0.1) is 5.69 Å². The Kier molecular flexibility index (Phi) is 4.93. The number of hydrogen-bond acceptors (Lipinski definition) is 6. The molecule has 0 atom stereocenters. The van der Waals surface area contributed by atoms with E-state index in [-0.39, 0.29) is 16.2 Å². The summed E-state index contributed by atoms with van der Waals surface area (Å²) in [5, 5.41) is 14.3. The first-order chi connectivity index (χ1) is 12.4. The number of anilines is 1. The summed E-state index contributed by atoms with van der Waals surface area (Å²) in [6.07, 6.45) is 1.87. The number of primary sulfonamides is 1. The molecule has 0 bridgehead atoms. The summed E-state index contributed by atoms with van der Waals surface area (Å²) < 4.78 is 30.2. The second-order valence-electron chi connectivity index (χ2n) is 5.92. The average Bonchev–Trinajstić information content (AvgIpc) is 3.15. The maximum Gasteiger partial charge on any atom is 0.262 e. The molecule has 0 saturated carbocycles. The SMILES string of the molecule is N#CC(=O)c1cc(N2CCCC2)c(Oc2ccccc2)c(S(N)(=O)=O)c1. The lowest BCUT2D eigenvalue weighted by Gasteiger charge is -2.23. The molecule has 0 spiro atoms. The Hall–Kier alpha value is -2.89. The lowest BCUT2D eigenvalue weighted by Crippen LogP contribution is -2.21. The second kappa shape index (κ2) is 7.15. The third kappa shape index (κ3) is 3.69. The van der Waals surface area contributed by atoms with Gasteiger partial charge in [-0.05, 0) is 37.1 Å². The number of carbonyl (C=O) groups excluding carboxylic acids is 1. The molecular weight excluding hydrogens is 354 g/mol. The van der Waals surface area contributed by atoms with Crippen molar-refractivity contribution in [3.8, 4) is 17.6 Å². The first kappa shape index (κ1) is 17.9. The van der Waals surface area contributed by atoms with Crippen LogP contribution in [-0.4, -0.2) is 27.3 Å². The van der Waals surface area contributed by atoms with Crippen molar-refractivity contribution in [2.24, 2.45) is 5.14 Å². The van der Waals surface area contributed by atoms with Gasteiger partial charge in [-0.2, -0.15) is 5.26 Å². The molecule has 8 heteroatoms. The standard InChI is InChI=1S/C18H17N3O4S/c19-12-16(22)13-10-15(21-8-4-5-9-21)18(17(11-13)26(20,23)24)25-14-6-2-1-3-7-14/h1-3,6-7,10-11H,4-5,8-9H2,(H2,20,23,24). The van der Waals surface area contributed by atoms with E-state index >= 15 is 0 Å². The number of nitrogens with zero attached hydrogens (tertiary/aromatic N) is 2. The van der Waals surface area contributed by atoms with E-state index in [1.165, 1.54) is 12.1 Å². The van der Waals surface area contributed by atoms with Gasteiger partial charge < -0.3 is 9.64 Å². The molecule has 2 aromatic rings. The Morgan fingerprint density at radius 3 is 2.38 bits per heavy atom. The van der Waals surface area contributed by atoms with Crippen molar-refractivity contribution in [3.05, 3.63) is 48.0 Å². The number of nitrogens with two attached hydrogens (primary N) is 1. The first-order valence-corrected chi connectivity index (χ1v) is 9.58. The normalized spacial score (nSPS) is 14.1. The third-order valence-electron chi connectivity index (χ3n) is 4.12. The van der Waals surface area contributed by atoms with Crippen LogP contribution in [0.1, 0.15) is 23.2 Å². The minimum Gasteiger partial charge on any atom is -0.454 e. The molecule has 2 aromatic carbocycles. The van der Waals surface area contributed by atoms with Crippen LogP contribution in [0.5, 0.6) is 11.5 Å². The fourth-order valence-corrected chi connectivity index (χ4v) is 3.59. The smallest absolute Gasteiger partial charge is 0.262 e. The first-order valence-electron chi connectivity index (χ1n) is 8.03. The molecule has 0 aliphatic carbocycles. The Labute approximate surface area is 151 Å². The Morgan fingerprint density at radius 1 is 1.15 bits per heavy atom. The van der Waals surface area contributed by atoms with Gasteiger partial charge in [-0.3, -0.25) is 4.79 Å². The molecule has 1 saturated heterocycles. The van der Waals surface area contributed by atoms with Gasteiger partial charge in [0.1, 0.15) is 16.7 Å². The number of sulfonamides is 1. The zero-order valence-corrected chi connectivity index (χ0v) is 14.7. The molecule has 134 valence electrons. The number of benzene rings is 2. The van der Waals surface area contributed by atoms with Gasteiger partial charge in [0.15, 0.2) is 5.75 Å². The zero-order valence-electron chi connectivity index (χ0n) is 13.9. The van der Waals surface area contributed by atoms with Crippen LogP contribution >= 0.6 is 0 Å². The molecule has 2 N–H and O–H groups in total. The van der Waals surface area contributed by atoms with Crippen LogP contribution in [0.2, 0.25) is 0 Å². The highest BCUT2D eigenvalue weighted by molar-refractivity contribution is 7.89. The lowest BCUT2D eigenvalue weighted by atomic mass is 10.1. The average molecular weight is 371 g/mol. The van der Waals surface area contributed by atoms with E-state index in [1.807, 2.05) is 11.0 Å². The largest absolute Gasteiger partial charge is 0.454 e. The van der Waals surface area contributed by atoms with Crippen LogP contribution in [0.3, 0.4) is 0 Å². The van der Waals surface area contributed by atoms with E-state index in [0.29, 0.717) is 24.5 Å². The fourth-order valence-electron chi connectivity index (χ4n) is 2.90. The van der Waals surface area contributed by atoms with E-state index in [1.54, 1.807) is 24.3 Å². The summed E-state index contributed by atoms with van der Waals surface area (Å²) in [5.41, 5.74) is 0.412. The van der Waals surface area contributed by atoms with Gasteiger partial charge in [-0.1, -0.05) is 18.2 Å². The maximum absolute atomic E-state index is 12.2. The molecule has 0 radical (unpaired) electrons. The summed E-state index contributed by atoms with van der Waals surface area (Å²) >= 11 is 0. The number of nitriles is 1. The number of rotatable bonds is 5. The van der Waals surface area contributed by atoms with Crippen molar-refractivity contribution in [1.29, 1.82) is 5.26 Å². The molecule has 1 aliphatic heterocycles. The van der Waals surface area contributed by atoms with E-state index in [9.17, 15) is 13.2 Å². The highest BCUT2D eigenvalue weighted by atomic mass is 32.2. The van der Waals surface area contributed by atoms with Crippen LogP contribution in [0.4, 0.5) is 5.69 Å². The topological polar surface area (TPSA) is 113 Å². The number of Topliss-reactive ketones (excluding diaryl/α,β-unsaturated/α-hetero) is 1. The predicted octanol–water partition coefficient (Wildman–Crippen LogP) is 2.43. The van der Waals surface area contributed by atoms with E-state index in [2.05, 4.69) is 0 Å². The Balaban J connectivity index is 2.23. The van der Waals surface area contributed by atoms with E-state index in [4.69, 9.17) is 15.1 Å². The zero-order chi connectivity index (χ0) is 18.7. The molecule has 3 rings (SSSR count). The summed E-state index contributed by atoms with van der Waals surface area (Å²) in [6.45, 7) is 1.39. The number of hydrogen-bond donors (Lipinski definition) is 1. The molecule has 7 nitrogen and oxygen atoms in total. The van der Waals surface area contributed by atoms with Gasteiger partial charge in [0.2, 0.25) is 10.0 Å². The minimum atomic E-state index is -4.18. The molecule has 1 fully saturated rings. The van der Waals surface area contributed by atoms with E-state index in [0.717, 1.165) is 18.9 Å². The predicted molar refractivity (Wildman–Crippen MR) is 95.7 cm³/mol. The molecular formula is C18H17N3O4S. The third-order valence-corrected chi connectivity index (χ3v) is 5.03. The lowest BCUT2D eigenvalue weighted by molar-refractivity contribution is 0.105. The van der Waals surface area contributed by atoms with Crippen LogP contribution < -0.4 is 14.8 Å². The highest BCUT2D eigenvalue weighted by Gasteiger charge is 2.27. The quantitative estimate of drug-likeness (QED) is 0.638. The summed E-state index contributed by atoms with van der Waals surface area (Å²) in [5.74, 6) is -0.325. The molecule has 0 amide bonds. The van der Waals surface area contributed by atoms with Crippen molar-refractivity contribution >= 4 is 21.5 Å². The number of para-hydroxylation sites is 1. The number of carbonyl (C=O) groups is 1. The van der Waals surface area contributed by atoms with Gasteiger partial charge in [0.25, 0.3) is 5.78 Å². The Morgan fingerprint density at radius 2 is 1.81 bits per heavy atom. The van der Waals surface area contributed by atoms with Crippen molar-refractivity contribution in [2.45, 2.75) is 17.7 Å². The number of ether oxygens (including phenoxy) is 1. The van der Waals surface area contributed by atoms with Crippen molar-refractivity contribution in [2.75, 3.05) is 18.0 Å². The molecule has 0 unspecified atom stereocenters. The highest BCUT2D eigenvalue weighted by Crippen LogP contribution is 2.40. The van der Waals surface area contributed by atoms with Gasteiger partial charge in [0, 0.05) is 18.7 Å². The minimum absolute atomic E-state index is 0.0289.